The Kier molecular flexibility index (Phi) is 4.71. The molecule has 2 heterocycles. The van der Waals surface area contributed by atoms with E-state index in [4.69, 9.17) is 11.6 Å². The average molecular weight is 298 g/mol. The third kappa shape index (κ3) is 3.04. The largest absolute Gasteiger partial charge is 0.355 e. The number of fused-ring (bicyclic) bond motifs is 1. The summed E-state index contributed by atoms with van der Waals surface area (Å²) in [5.41, 5.74) is 0.749. The Bertz CT molecular complexity index is 579. The van der Waals surface area contributed by atoms with E-state index in [0.29, 0.717) is 4.88 Å². The van der Waals surface area contributed by atoms with Crippen molar-refractivity contribution in [2.45, 2.75) is 26.7 Å². The van der Waals surface area contributed by atoms with E-state index in [1.54, 1.807) is 6.07 Å². The zero-order valence-corrected chi connectivity index (χ0v) is 12.6. The fourth-order valence-corrected chi connectivity index (χ4v) is 3.14. The van der Waals surface area contributed by atoms with Crippen molar-refractivity contribution in [3.63, 3.8) is 0 Å². The van der Waals surface area contributed by atoms with Gasteiger partial charge in [0.2, 0.25) is 5.28 Å². The Morgan fingerprint density at radius 1 is 1.32 bits per heavy atom. The van der Waals surface area contributed by atoms with E-state index in [2.05, 4.69) is 28.7 Å². The van der Waals surface area contributed by atoms with E-state index in [-0.39, 0.29) is 5.28 Å². The molecule has 0 spiro atoms. The molecule has 0 N–H and O–H groups in total. The normalized spacial score (nSPS) is 10.9. The minimum atomic E-state index is 0.231. The van der Waals surface area contributed by atoms with Gasteiger partial charge in [0.05, 0.1) is 15.1 Å². The van der Waals surface area contributed by atoms with Gasteiger partial charge in [-0.1, -0.05) is 13.8 Å². The summed E-state index contributed by atoms with van der Waals surface area (Å²) in [5.74, 6) is 0.844. The van der Waals surface area contributed by atoms with Crippen molar-refractivity contribution in [3.8, 4) is 0 Å². The van der Waals surface area contributed by atoms with E-state index in [1.165, 1.54) is 11.3 Å². The highest BCUT2D eigenvalue weighted by atomic mass is 35.5. The molecule has 0 saturated carbocycles. The molecule has 2 rings (SSSR count). The topological polar surface area (TPSA) is 46.1 Å². The van der Waals surface area contributed by atoms with Crippen LogP contribution in [0.2, 0.25) is 5.28 Å². The number of hydrogen-bond acceptors (Lipinski definition) is 5. The van der Waals surface area contributed by atoms with Crippen molar-refractivity contribution in [1.29, 1.82) is 0 Å². The summed E-state index contributed by atoms with van der Waals surface area (Å²) in [6.45, 7) is 6.11. The molecule has 0 saturated heterocycles. The molecule has 0 unspecified atom stereocenters. The Morgan fingerprint density at radius 3 is 2.58 bits per heavy atom. The minimum absolute atomic E-state index is 0.231. The molecular formula is C13H16ClN3OS. The predicted octanol–water partition coefficient (Wildman–Crippen LogP) is 3.78. The number of carbonyl (C=O) groups is 1. The second kappa shape index (κ2) is 6.30. The maximum atomic E-state index is 10.9. The van der Waals surface area contributed by atoms with Gasteiger partial charge in [-0.15, -0.1) is 11.3 Å². The van der Waals surface area contributed by atoms with Gasteiger partial charge < -0.3 is 4.90 Å². The van der Waals surface area contributed by atoms with Gasteiger partial charge in [0, 0.05) is 13.1 Å². The molecule has 19 heavy (non-hydrogen) atoms. The summed E-state index contributed by atoms with van der Waals surface area (Å²) in [6, 6.07) is 1.76. The molecule has 4 nitrogen and oxygen atoms in total. The van der Waals surface area contributed by atoms with Gasteiger partial charge in [-0.3, -0.25) is 4.79 Å². The van der Waals surface area contributed by atoms with Gasteiger partial charge >= 0.3 is 0 Å². The van der Waals surface area contributed by atoms with Crippen LogP contribution in [0.5, 0.6) is 0 Å². The minimum Gasteiger partial charge on any atom is -0.355 e. The summed E-state index contributed by atoms with van der Waals surface area (Å²) < 4.78 is 0.938. The number of anilines is 1. The first kappa shape index (κ1) is 14.2. The van der Waals surface area contributed by atoms with Crippen molar-refractivity contribution in [2.24, 2.45) is 0 Å². The van der Waals surface area contributed by atoms with E-state index in [1.807, 2.05) is 0 Å². The fraction of sp³-hybridized carbons (Fsp3) is 0.462. The lowest BCUT2D eigenvalue weighted by Crippen LogP contribution is -2.26. The molecular weight excluding hydrogens is 282 g/mol. The van der Waals surface area contributed by atoms with Gasteiger partial charge in [-0.25, -0.2) is 4.98 Å². The summed E-state index contributed by atoms with van der Waals surface area (Å²) in [7, 11) is 0. The summed E-state index contributed by atoms with van der Waals surface area (Å²) >= 11 is 7.41. The van der Waals surface area contributed by atoms with Crippen molar-refractivity contribution < 1.29 is 4.79 Å². The number of hydrogen-bond donors (Lipinski definition) is 0. The van der Waals surface area contributed by atoms with E-state index < -0.39 is 0 Å². The van der Waals surface area contributed by atoms with Gasteiger partial charge in [-0.05, 0) is 30.5 Å². The lowest BCUT2D eigenvalue weighted by Gasteiger charge is -2.22. The maximum absolute atomic E-state index is 10.9. The molecule has 0 amide bonds. The zero-order valence-electron chi connectivity index (χ0n) is 11.0. The molecule has 0 atom stereocenters. The van der Waals surface area contributed by atoms with Crippen LogP contribution in [-0.2, 0) is 0 Å². The van der Waals surface area contributed by atoms with Crippen molar-refractivity contribution in [2.75, 3.05) is 18.0 Å². The van der Waals surface area contributed by atoms with Gasteiger partial charge in [0.1, 0.15) is 0 Å². The second-order valence-corrected chi connectivity index (χ2v) is 5.71. The molecule has 102 valence electrons. The first-order chi connectivity index (χ1) is 9.19. The molecule has 0 bridgehead atoms. The molecule has 2 aromatic heterocycles. The predicted molar refractivity (Wildman–Crippen MR) is 80.6 cm³/mol. The number of rotatable bonds is 6. The van der Waals surface area contributed by atoms with Gasteiger partial charge in [-0.2, -0.15) is 4.98 Å². The lowest BCUT2D eigenvalue weighted by molar-refractivity contribution is 0.112. The van der Waals surface area contributed by atoms with Crippen molar-refractivity contribution in [1.82, 2.24) is 9.97 Å². The SMILES string of the molecule is CCCN(CCC)c1nc(Cl)nc2cc(C=O)sc12. The smallest absolute Gasteiger partial charge is 0.224 e. The second-order valence-electron chi connectivity index (χ2n) is 4.28. The average Bonchev–Trinajstić information content (AvgIpc) is 2.80. The Labute approximate surface area is 121 Å². The molecule has 0 aliphatic rings. The van der Waals surface area contributed by atoms with Crippen molar-refractivity contribution in [3.05, 3.63) is 16.2 Å². The van der Waals surface area contributed by atoms with Crippen LogP contribution in [0.3, 0.4) is 0 Å². The monoisotopic (exact) mass is 297 g/mol. The van der Waals surface area contributed by atoms with Crippen LogP contribution < -0.4 is 4.90 Å². The quantitative estimate of drug-likeness (QED) is 0.601. The maximum Gasteiger partial charge on any atom is 0.224 e. The van der Waals surface area contributed by atoms with Crippen LogP contribution in [0.15, 0.2) is 6.07 Å². The third-order valence-corrected chi connectivity index (χ3v) is 3.96. The van der Waals surface area contributed by atoms with Gasteiger partial charge in [0.25, 0.3) is 0 Å². The summed E-state index contributed by atoms with van der Waals surface area (Å²) in [5, 5.41) is 0.231. The summed E-state index contributed by atoms with van der Waals surface area (Å²) in [4.78, 5) is 22.3. The number of aromatic nitrogens is 2. The molecule has 2 aromatic rings. The Balaban J connectivity index is 2.55. The third-order valence-electron chi connectivity index (χ3n) is 2.75. The first-order valence-electron chi connectivity index (χ1n) is 6.36. The van der Waals surface area contributed by atoms with Crippen LogP contribution in [0, 0.1) is 0 Å². The first-order valence-corrected chi connectivity index (χ1v) is 7.56. The Hall–Kier alpha value is -1.20. The molecule has 0 fully saturated rings. The fourth-order valence-electron chi connectivity index (χ4n) is 2.04. The number of halogens is 1. The van der Waals surface area contributed by atoms with Crippen LogP contribution >= 0.6 is 22.9 Å². The van der Waals surface area contributed by atoms with Crippen molar-refractivity contribution >= 4 is 45.3 Å². The lowest BCUT2D eigenvalue weighted by atomic mass is 10.3. The molecule has 0 radical (unpaired) electrons. The number of aldehydes is 1. The number of thiophene rings is 1. The highest BCUT2D eigenvalue weighted by Crippen LogP contribution is 2.32. The molecule has 6 heteroatoms. The van der Waals surface area contributed by atoms with E-state index >= 15 is 0 Å². The molecule has 0 aliphatic heterocycles. The van der Waals surface area contributed by atoms with Crippen LogP contribution in [0.4, 0.5) is 5.82 Å². The van der Waals surface area contributed by atoms with E-state index in [0.717, 1.165) is 48.3 Å². The zero-order chi connectivity index (χ0) is 13.8. The number of carbonyl (C=O) groups excluding carboxylic acids is 1. The van der Waals surface area contributed by atoms with Crippen LogP contribution in [-0.4, -0.2) is 29.3 Å². The summed E-state index contributed by atoms with van der Waals surface area (Å²) in [6.07, 6.45) is 2.91. The molecule has 0 aliphatic carbocycles. The standard InChI is InChI=1S/C13H16ClN3OS/c1-3-5-17(6-4-2)12-11-10(15-13(14)16-12)7-9(8-18)19-11/h7-8H,3-6H2,1-2H3. The van der Waals surface area contributed by atoms with Crippen LogP contribution in [0.1, 0.15) is 36.4 Å². The number of nitrogens with zero attached hydrogens (tertiary/aromatic N) is 3. The van der Waals surface area contributed by atoms with E-state index in [9.17, 15) is 4.79 Å². The van der Waals surface area contributed by atoms with Crippen LogP contribution in [0.25, 0.3) is 10.2 Å². The Morgan fingerprint density at radius 2 is 2.00 bits per heavy atom. The highest BCUT2D eigenvalue weighted by molar-refractivity contribution is 7.21. The van der Waals surface area contributed by atoms with Gasteiger partial charge in [0.15, 0.2) is 12.1 Å². The highest BCUT2D eigenvalue weighted by Gasteiger charge is 2.15. The molecule has 0 aromatic carbocycles.